The highest BCUT2D eigenvalue weighted by Gasteiger charge is 2.22. The lowest BCUT2D eigenvalue weighted by molar-refractivity contribution is -0.110. The van der Waals surface area contributed by atoms with Crippen molar-refractivity contribution < 1.29 is 17.9 Å². The average Bonchev–Trinajstić information content (AvgIpc) is 2.26. The summed E-state index contributed by atoms with van der Waals surface area (Å²) in [6, 6.07) is 6.58. The van der Waals surface area contributed by atoms with Crippen LogP contribution in [0, 0.1) is 0 Å². The molecule has 0 fully saturated rings. The molecule has 0 amide bonds. The Hall–Kier alpha value is -1.27. The van der Waals surface area contributed by atoms with Crippen LogP contribution in [0.3, 0.4) is 0 Å². The van der Waals surface area contributed by atoms with Gasteiger partial charge < -0.3 is 4.74 Å². The summed E-state index contributed by atoms with van der Waals surface area (Å²) in [5.41, 5.74) is 0.302. The summed E-state index contributed by atoms with van der Waals surface area (Å²) in [7, 11) is -3.61. The van der Waals surface area contributed by atoms with E-state index in [1.165, 1.54) is 0 Å². The first-order chi connectivity index (χ1) is 8.36. The van der Waals surface area contributed by atoms with Gasteiger partial charge in [0.1, 0.15) is 12.3 Å². The number of hydrogen-bond acceptors (Lipinski definition) is 4. The molecular weight excluding hydrogens is 278 g/mol. The maximum atomic E-state index is 11.7. The van der Waals surface area contributed by atoms with Crippen molar-refractivity contribution in [3.63, 3.8) is 0 Å². The highest BCUT2D eigenvalue weighted by molar-refractivity contribution is 7.92. The van der Waals surface area contributed by atoms with Crippen LogP contribution >= 0.6 is 11.6 Å². The minimum atomic E-state index is -3.61. The van der Waals surface area contributed by atoms with Gasteiger partial charge in [-0.25, -0.2) is 8.42 Å². The zero-order valence-electron chi connectivity index (χ0n) is 10.1. The van der Waals surface area contributed by atoms with Gasteiger partial charge in [0.15, 0.2) is 0 Å². The first kappa shape index (κ1) is 14.8. The minimum absolute atomic E-state index is 0.302. The lowest BCUT2D eigenvalue weighted by atomic mass is 10.3. The summed E-state index contributed by atoms with van der Waals surface area (Å²) in [6.07, 6.45) is 1.01. The van der Waals surface area contributed by atoms with E-state index in [2.05, 4.69) is 0 Å². The standard InChI is InChI=1S/C11H14ClNO4S/c1-3-17-10-7-5-4-6-9(10)13(8-11(12)14)18(2,15)16/h4-7H,3,8H2,1-2H3. The van der Waals surface area contributed by atoms with Crippen LogP contribution in [0.1, 0.15) is 6.92 Å². The van der Waals surface area contributed by atoms with Crippen LogP contribution in [-0.2, 0) is 14.8 Å². The number of nitrogens with zero attached hydrogens (tertiary/aromatic N) is 1. The van der Waals surface area contributed by atoms with E-state index in [0.717, 1.165) is 10.6 Å². The van der Waals surface area contributed by atoms with Gasteiger partial charge >= 0.3 is 0 Å². The molecule has 0 N–H and O–H groups in total. The van der Waals surface area contributed by atoms with Crippen LogP contribution in [0.2, 0.25) is 0 Å². The Morgan fingerprint density at radius 2 is 2.00 bits per heavy atom. The van der Waals surface area contributed by atoms with Gasteiger partial charge in [-0.1, -0.05) is 12.1 Å². The third-order valence-corrected chi connectivity index (χ3v) is 3.35. The molecule has 100 valence electrons. The number of rotatable bonds is 6. The Bertz CT molecular complexity index is 530. The molecule has 0 unspecified atom stereocenters. The summed E-state index contributed by atoms with van der Waals surface area (Å²) >= 11 is 5.27. The Labute approximate surface area is 111 Å². The Balaban J connectivity index is 3.25. The third kappa shape index (κ3) is 3.89. The molecule has 0 spiro atoms. The van der Waals surface area contributed by atoms with Crippen molar-refractivity contribution in [2.75, 3.05) is 23.7 Å². The summed E-state index contributed by atoms with van der Waals surface area (Å²) in [4.78, 5) is 11.0. The zero-order valence-corrected chi connectivity index (χ0v) is 11.7. The predicted octanol–water partition coefficient (Wildman–Crippen LogP) is 1.62. The Morgan fingerprint density at radius 3 is 2.50 bits per heavy atom. The number of hydrogen-bond donors (Lipinski definition) is 0. The molecule has 1 rings (SSSR count). The fourth-order valence-electron chi connectivity index (χ4n) is 1.43. The Morgan fingerprint density at radius 1 is 1.39 bits per heavy atom. The van der Waals surface area contributed by atoms with E-state index >= 15 is 0 Å². The van der Waals surface area contributed by atoms with E-state index in [-0.39, 0.29) is 0 Å². The fourth-order valence-corrected chi connectivity index (χ4v) is 2.49. The molecule has 0 aliphatic rings. The molecule has 1 aromatic carbocycles. The third-order valence-electron chi connectivity index (χ3n) is 2.10. The number of benzene rings is 1. The number of halogens is 1. The van der Waals surface area contributed by atoms with E-state index in [1.807, 2.05) is 0 Å². The van der Waals surface area contributed by atoms with Crippen molar-refractivity contribution in [1.29, 1.82) is 0 Å². The fraction of sp³-hybridized carbons (Fsp3) is 0.364. The molecule has 0 radical (unpaired) electrons. The zero-order chi connectivity index (χ0) is 13.8. The minimum Gasteiger partial charge on any atom is -0.492 e. The van der Waals surface area contributed by atoms with Crippen LogP contribution in [0.25, 0.3) is 0 Å². The van der Waals surface area contributed by atoms with Gasteiger partial charge in [-0.3, -0.25) is 9.10 Å². The number of carbonyl (C=O) groups is 1. The molecule has 7 heteroatoms. The van der Waals surface area contributed by atoms with Crippen LogP contribution < -0.4 is 9.04 Å². The second kappa shape index (κ2) is 6.06. The van der Waals surface area contributed by atoms with Crippen molar-refractivity contribution in [2.45, 2.75) is 6.92 Å². The second-order valence-corrected chi connectivity index (χ2v) is 5.85. The van der Waals surface area contributed by atoms with Gasteiger partial charge in [0.2, 0.25) is 15.3 Å². The molecule has 0 aromatic heterocycles. The smallest absolute Gasteiger partial charge is 0.242 e. The first-order valence-corrected chi connectivity index (χ1v) is 7.46. The van der Waals surface area contributed by atoms with E-state index in [0.29, 0.717) is 18.0 Å². The van der Waals surface area contributed by atoms with E-state index in [4.69, 9.17) is 16.3 Å². The average molecular weight is 292 g/mol. The normalized spacial score (nSPS) is 11.1. The van der Waals surface area contributed by atoms with Crippen LogP contribution in [0.4, 0.5) is 5.69 Å². The molecule has 1 aromatic rings. The molecule has 0 bridgehead atoms. The summed E-state index contributed by atoms with van der Waals surface area (Å²) in [5.74, 6) is 0.392. The van der Waals surface area contributed by atoms with E-state index < -0.39 is 21.8 Å². The van der Waals surface area contributed by atoms with E-state index in [1.54, 1.807) is 31.2 Å². The number of ether oxygens (including phenoxy) is 1. The van der Waals surface area contributed by atoms with Crippen LogP contribution in [0.5, 0.6) is 5.75 Å². The topological polar surface area (TPSA) is 63.7 Å². The molecular formula is C11H14ClNO4S. The molecule has 0 aliphatic heterocycles. The summed E-state index contributed by atoms with van der Waals surface area (Å²) < 4.78 is 29.6. The monoisotopic (exact) mass is 291 g/mol. The lowest BCUT2D eigenvalue weighted by Crippen LogP contribution is -2.33. The maximum Gasteiger partial charge on any atom is 0.242 e. The quantitative estimate of drug-likeness (QED) is 0.747. The maximum absolute atomic E-state index is 11.7. The van der Waals surface area contributed by atoms with Crippen LogP contribution in [0.15, 0.2) is 24.3 Å². The van der Waals surface area contributed by atoms with Crippen molar-refractivity contribution in [2.24, 2.45) is 0 Å². The molecule has 0 aliphatic carbocycles. The van der Waals surface area contributed by atoms with Crippen molar-refractivity contribution >= 4 is 32.6 Å². The van der Waals surface area contributed by atoms with Crippen molar-refractivity contribution in [3.8, 4) is 5.75 Å². The molecule has 0 heterocycles. The van der Waals surface area contributed by atoms with E-state index in [9.17, 15) is 13.2 Å². The van der Waals surface area contributed by atoms with Crippen LogP contribution in [-0.4, -0.2) is 33.1 Å². The highest BCUT2D eigenvalue weighted by Crippen LogP contribution is 2.29. The van der Waals surface area contributed by atoms with Crippen molar-refractivity contribution in [3.05, 3.63) is 24.3 Å². The number of carbonyl (C=O) groups excluding carboxylic acids is 1. The lowest BCUT2D eigenvalue weighted by Gasteiger charge is -2.22. The molecule has 18 heavy (non-hydrogen) atoms. The highest BCUT2D eigenvalue weighted by atomic mass is 35.5. The van der Waals surface area contributed by atoms with Gasteiger partial charge in [-0.15, -0.1) is 0 Å². The van der Waals surface area contributed by atoms with Gasteiger partial charge in [0, 0.05) is 0 Å². The molecule has 0 atom stereocenters. The van der Waals surface area contributed by atoms with Gasteiger partial charge in [-0.05, 0) is 30.7 Å². The molecule has 5 nitrogen and oxygen atoms in total. The second-order valence-electron chi connectivity index (χ2n) is 3.53. The first-order valence-electron chi connectivity index (χ1n) is 5.24. The number of para-hydroxylation sites is 2. The number of sulfonamides is 1. The predicted molar refractivity (Wildman–Crippen MR) is 70.7 cm³/mol. The van der Waals surface area contributed by atoms with Crippen molar-refractivity contribution in [1.82, 2.24) is 0 Å². The molecule has 0 saturated heterocycles. The largest absolute Gasteiger partial charge is 0.492 e. The van der Waals surface area contributed by atoms with Gasteiger partial charge in [0.25, 0.3) is 0 Å². The molecule has 0 saturated carbocycles. The summed E-state index contributed by atoms with van der Waals surface area (Å²) in [6.45, 7) is 1.75. The van der Waals surface area contributed by atoms with Gasteiger partial charge in [0.05, 0.1) is 18.6 Å². The SMILES string of the molecule is CCOc1ccccc1N(CC(=O)Cl)S(C)(=O)=O. The Kier molecular flexibility index (Phi) is 4.98. The van der Waals surface area contributed by atoms with Gasteiger partial charge in [-0.2, -0.15) is 0 Å². The summed E-state index contributed by atoms with van der Waals surface area (Å²) in [5, 5.41) is -0.758. The number of anilines is 1.